The second-order valence-corrected chi connectivity index (χ2v) is 5.17. The van der Waals surface area contributed by atoms with Gasteiger partial charge in [0.2, 0.25) is 0 Å². The number of hydrogen-bond acceptors (Lipinski definition) is 3. The number of rotatable bonds is 1. The third kappa shape index (κ3) is 1.38. The van der Waals surface area contributed by atoms with E-state index in [0.717, 1.165) is 25.2 Å². The van der Waals surface area contributed by atoms with Crippen molar-refractivity contribution in [1.29, 1.82) is 0 Å². The lowest BCUT2D eigenvalue weighted by molar-refractivity contribution is 0.0561. The predicted molar refractivity (Wildman–Crippen MR) is 57.2 cm³/mol. The molecule has 0 spiro atoms. The molecule has 3 rings (SSSR count). The molecule has 0 aromatic rings. The predicted octanol–water partition coefficient (Wildman–Crippen LogP) is 0.256. The van der Waals surface area contributed by atoms with Crippen molar-refractivity contribution < 1.29 is 0 Å². The first-order valence-electron chi connectivity index (χ1n) is 6.08. The Bertz CT molecular complexity index is 213. The van der Waals surface area contributed by atoms with Gasteiger partial charge in [-0.2, -0.15) is 0 Å². The van der Waals surface area contributed by atoms with Gasteiger partial charge in [0.25, 0.3) is 0 Å². The van der Waals surface area contributed by atoms with Gasteiger partial charge in [0.1, 0.15) is 0 Å². The number of nitrogens with two attached hydrogens (primary N) is 1. The minimum absolute atomic E-state index is 0.465. The van der Waals surface area contributed by atoms with E-state index in [1.807, 2.05) is 0 Å². The van der Waals surface area contributed by atoms with Crippen LogP contribution in [0.4, 0.5) is 0 Å². The molecule has 0 saturated carbocycles. The lowest BCUT2D eigenvalue weighted by Crippen LogP contribution is -2.62. The molecule has 0 aliphatic carbocycles. The van der Waals surface area contributed by atoms with Crippen LogP contribution in [0.3, 0.4) is 0 Å². The van der Waals surface area contributed by atoms with Crippen molar-refractivity contribution in [2.24, 2.45) is 5.73 Å². The van der Waals surface area contributed by atoms with Gasteiger partial charge >= 0.3 is 0 Å². The zero-order valence-corrected chi connectivity index (χ0v) is 8.86. The van der Waals surface area contributed by atoms with Gasteiger partial charge in [-0.1, -0.05) is 6.42 Å². The van der Waals surface area contributed by atoms with E-state index >= 15 is 0 Å². The first-order chi connectivity index (χ1) is 6.84. The van der Waals surface area contributed by atoms with Crippen LogP contribution in [0.15, 0.2) is 0 Å². The fourth-order valence-electron chi connectivity index (χ4n) is 3.47. The Morgan fingerprint density at radius 2 is 1.64 bits per heavy atom. The molecule has 0 aromatic carbocycles. The number of hydrogen-bond donors (Lipinski definition) is 1. The van der Waals surface area contributed by atoms with Crippen LogP contribution in [0.1, 0.15) is 25.7 Å². The van der Waals surface area contributed by atoms with Gasteiger partial charge in [-0.3, -0.25) is 9.80 Å². The van der Waals surface area contributed by atoms with Gasteiger partial charge in [-0.05, 0) is 25.8 Å². The summed E-state index contributed by atoms with van der Waals surface area (Å²) in [5.74, 6) is 0. The number of nitrogens with zero attached hydrogens (tertiary/aromatic N) is 2. The Hall–Kier alpha value is -0.120. The van der Waals surface area contributed by atoms with E-state index < -0.39 is 0 Å². The van der Waals surface area contributed by atoms with Crippen LogP contribution in [-0.4, -0.2) is 54.1 Å². The van der Waals surface area contributed by atoms with E-state index in [-0.39, 0.29) is 0 Å². The molecule has 3 nitrogen and oxygen atoms in total. The van der Waals surface area contributed by atoms with E-state index in [1.165, 1.54) is 38.8 Å². The van der Waals surface area contributed by atoms with E-state index in [4.69, 9.17) is 5.73 Å². The van der Waals surface area contributed by atoms with Crippen LogP contribution in [0.2, 0.25) is 0 Å². The summed E-state index contributed by atoms with van der Waals surface area (Å²) in [5, 5.41) is 0. The molecule has 2 N–H and O–H groups in total. The van der Waals surface area contributed by atoms with Gasteiger partial charge in [0, 0.05) is 37.8 Å². The van der Waals surface area contributed by atoms with Gasteiger partial charge in [0.15, 0.2) is 0 Å². The highest BCUT2D eigenvalue weighted by Gasteiger charge is 2.41. The maximum absolute atomic E-state index is 5.85. The van der Waals surface area contributed by atoms with Crippen molar-refractivity contribution in [1.82, 2.24) is 9.80 Å². The summed E-state index contributed by atoms with van der Waals surface area (Å²) in [6.45, 7) is 4.98. The van der Waals surface area contributed by atoms with Crippen LogP contribution >= 0.6 is 0 Å². The van der Waals surface area contributed by atoms with Crippen molar-refractivity contribution in [2.45, 2.75) is 43.8 Å². The molecule has 2 atom stereocenters. The second kappa shape index (κ2) is 3.47. The molecule has 3 fully saturated rings. The zero-order chi connectivity index (χ0) is 9.54. The smallest absolute Gasteiger partial charge is 0.0297 e. The number of fused-ring (bicyclic) bond motifs is 1. The summed E-state index contributed by atoms with van der Waals surface area (Å²) in [6, 6.07) is 2.18. The molecule has 3 aliphatic rings. The molecule has 3 saturated heterocycles. The first kappa shape index (κ1) is 9.13. The maximum Gasteiger partial charge on any atom is 0.0297 e. The molecule has 3 aliphatic heterocycles. The van der Waals surface area contributed by atoms with Gasteiger partial charge in [-0.25, -0.2) is 0 Å². The summed E-state index contributed by atoms with van der Waals surface area (Å²) in [7, 11) is 0. The highest BCUT2D eigenvalue weighted by Crippen LogP contribution is 2.32. The van der Waals surface area contributed by atoms with Crippen LogP contribution in [0.5, 0.6) is 0 Å². The van der Waals surface area contributed by atoms with Crippen LogP contribution in [-0.2, 0) is 0 Å². The van der Waals surface area contributed by atoms with Crippen LogP contribution in [0, 0.1) is 0 Å². The third-order valence-electron chi connectivity index (χ3n) is 4.23. The molecule has 3 heterocycles. The maximum atomic E-state index is 5.85. The fraction of sp³-hybridized carbons (Fsp3) is 1.00. The van der Waals surface area contributed by atoms with Crippen molar-refractivity contribution >= 4 is 0 Å². The number of piperidine rings is 1. The highest BCUT2D eigenvalue weighted by atomic mass is 15.3. The molecule has 0 aromatic heterocycles. The highest BCUT2D eigenvalue weighted by molar-refractivity contribution is 4.99. The van der Waals surface area contributed by atoms with Gasteiger partial charge < -0.3 is 5.73 Å². The lowest BCUT2D eigenvalue weighted by Gasteiger charge is -2.45. The molecular weight excluding hydrogens is 174 g/mol. The molecule has 14 heavy (non-hydrogen) atoms. The Morgan fingerprint density at radius 3 is 2.43 bits per heavy atom. The molecule has 0 radical (unpaired) electrons. The summed E-state index contributed by atoms with van der Waals surface area (Å²) in [4.78, 5) is 5.32. The second-order valence-electron chi connectivity index (χ2n) is 5.17. The first-order valence-corrected chi connectivity index (χ1v) is 6.08. The fourth-order valence-corrected chi connectivity index (χ4v) is 3.47. The van der Waals surface area contributed by atoms with Crippen LogP contribution < -0.4 is 5.73 Å². The van der Waals surface area contributed by atoms with E-state index in [2.05, 4.69) is 9.80 Å². The average molecular weight is 195 g/mol. The minimum atomic E-state index is 0.465. The summed E-state index contributed by atoms with van der Waals surface area (Å²) in [5.41, 5.74) is 5.85. The molecule has 0 bridgehead atoms. The normalized spacial score (nSPS) is 40.9. The van der Waals surface area contributed by atoms with Gasteiger partial charge in [-0.15, -0.1) is 0 Å². The van der Waals surface area contributed by atoms with Crippen molar-refractivity contribution in [2.75, 3.05) is 26.2 Å². The molecule has 0 amide bonds. The average Bonchev–Trinajstić information content (AvgIpc) is 2.56. The SMILES string of the molecule is NC1CN(C2CCN3CCCCC23)C1. The Morgan fingerprint density at radius 1 is 0.857 bits per heavy atom. The zero-order valence-electron chi connectivity index (χ0n) is 8.86. The molecule has 2 unspecified atom stereocenters. The summed E-state index contributed by atoms with van der Waals surface area (Å²) < 4.78 is 0. The van der Waals surface area contributed by atoms with Crippen molar-refractivity contribution in [3.8, 4) is 0 Å². The Kier molecular flexibility index (Phi) is 2.26. The van der Waals surface area contributed by atoms with Crippen LogP contribution in [0.25, 0.3) is 0 Å². The standard InChI is InChI=1S/C11H21N3/c12-9-7-14(8-9)11-4-6-13-5-2-1-3-10(11)13/h9-11H,1-8,12H2. The van der Waals surface area contributed by atoms with E-state index in [9.17, 15) is 0 Å². The molecule has 3 heteroatoms. The summed E-state index contributed by atoms with van der Waals surface area (Å²) in [6.07, 6.45) is 5.67. The minimum Gasteiger partial charge on any atom is -0.325 e. The van der Waals surface area contributed by atoms with Crippen molar-refractivity contribution in [3.05, 3.63) is 0 Å². The molecule has 80 valence electrons. The topological polar surface area (TPSA) is 32.5 Å². The third-order valence-corrected chi connectivity index (χ3v) is 4.23. The summed E-state index contributed by atoms with van der Waals surface area (Å²) >= 11 is 0. The van der Waals surface area contributed by atoms with Crippen molar-refractivity contribution in [3.63, 3.8) is 0 Å². The van der Waals surface area contributed by atoms with E-state index in [1.54, 1.807) is 0 Å². The Labute approximate surface area is 86.2 Å². The molecular formula is C11H21N3. The quantitative estimate of drug-likeness (QED) is 0.651. The van der Waals surface area contributed by atoms with Gasteiger partial charge in [0.05, 0.1) is 0 Å². The largest absolute Gasteiger partial charge is 0.325 e. The van der Waals surface area contributed by atoms with E-state index in [0.29, 0.717) is 6.04 Å². The monoisotopic (exact) mass is 195 g/mol. The number of likely N-dealkylation sites (tertiary alicyclic amines) is 1. The lowest BCUT2D eigenvalue weighted by atomic mass is 9.95. The Balaban J connectivity index is 1.64.